The lowest BCUT2D eigenvalue weighted by atomic mass is 10.1. The molecule has 0 radical (unpaired) electrons. The monoisotopic (exact) mass is 409 g/mol. The van der Waals surface area contributed by atoms with Gasteiger partial charge in [0.1, 0.15) is 18.1 Å². The molecule has 0 spiro atoms. The Morgan fingerprint density at radius 3 is 2.30 bits per heavy atom. The zero-order valence-corrected chi connectivity index (χ0v) is 17.3. The summed E-state index contributed by atoms with van der Waals surface area (Å²) in [5, 5.41) is 0. The molecule has 2 aliphatic heterocycles. The first kappa shape index (κ1) is 20.1. The first-order chi connectivity index (χ1) is 14.7. The lowest BCUT2D eigenvalue weighted by molar-refractivity contribution is -0.133. The van der Waals surface area contributed by atoms with E-state index in [1.807, 2.05) is 53.4 Å². The summed E-state index contributed by atoms with van der Waals surface area (Å²) >= 11 is 0. The standard InChI is InChI=1S/C23H27N3O4/c1-29-20-8-4-2-6-18(20)24-12-14-25(15-13-24)22(27)10-11-23(28)26-16-17-30-21-9-5-3-7-19(21)26/h2-9H,10-17H2,1H3. The predicted octanol–water partition coefficient (Wildman–Crippen LogP) is 2.55. The molecule has 2 aliphatic rings. The Labute approximate surface area is 176 Å². The van der Waals surface area contributed by atoms with E-state index >= 15 is 0 Å². The smallest absolute Gasteiger partial charge is 0.227 e. The van der Waals surface area contributed by atoms with E-state index in [4.69, 9.17) is 9.47 Å². The number of benzene rings is 2. The third-order valence-electron chi connectivity index (χ3n) is 5.64. The van der Waals surface area contributed by atoms with Crippen LogP contribution in [0.15, 0.2) is 48.5 Å². The highest BCUT2D eigenvalue weighted by Gasteiger charge is 2.26. The van der Waals surface area contributed by atoms with Gasteiger partial charge in [-0.1, -0.05) is 24.3 Å². The topological polar surface area (TPSA) is 62.3 Å². The molecule has 0 bridgehead atoms. The van der Waals surface area contributed by atoms with Gasteiger partial charge >= 0.3 is 0 Å². The van der Waals surface area contributed by atoms with Crippen molar-refractivity contribution in [2.24, 2.45) is 0 Å². The van der Waals surface area contributed by atoms with Crippen LogP contribution in [-0.4, -0.2) is 63.2 Å². The quantitative estimate of drug-likeness (QED) is 0.760. The van der Waals surface area contributed by atoms with E-state index in [2.05, 4.69) is 4.90 Å². The summed E-state index contributed by atoms with van der Waals surface area (Å²) in [4.78, 5) is 31.2. The molecular weight excluding hydrogens is 382 g/mol. The molecule has 30 heavy (non-hydrogen) atoms. The fourth-order valence-electron chi connectivity index (χ4n) is 4.02. The molecule has 1 saturated heterocycles. The van der Waals surface area contributed by atoms with Crippen molar-refractivity contribution < 1.29 is 19.1 Å². The second kappa shape index (κ2) is 9.07. The highest BCUT2D eigenvalue weighted by atomic mass is 16.5. The van der Waals surface area contributed by atoms with Crippen LogP contribution in [0.1, 0.15) is 12.8 Å². The van der Waals surface area contributed by atoms with Gasteiger partial charge in [-0.15, -0.1) is 0 Å². The molecule has 7 heteroatoms. The van der Waals surface area contributed by atoms with Crippen LogP contribution in [0.25, 0.3) is 0 Å². The summed E-state index contributed by atoms with van der Waals surface area (Å²) in [5.41, 5.74) is 1.83. The van der Waals surface area contributed by atoms with Gasteiger partial charge in [-0.05, 0) is 24.3 Å². The second-order valence-electron chi connectivity index (χ2n) is 7.40. The predicted molar refractivity (Wildman–Crippen MR) is 115 cm³/mol. The molecule has 1 fully saturated rings. The minimum Gasteiger partial charge on any atom is -0.495 e. The van der Waals surface area contributed by atoms with Crippen molar-refractivity contribution in [1.29, 1.82) is 0 Å². The number of hydrogen-bond donors (Lipinski definition) is 0. The van der Waals surface area contributed by atoms with Crippen molar-refractivity contribution in [3.63, 3.8) is 0 Å². The molecule has 0 aliphatic carbocycles. The van der Waals surface area contributed by atoms with Crippen LogP contribution in [0, 0.1) is 0 Å². The Morgan fingerprint density at radius 2 is 1.53 bits per heavy atom. The number of hydrogen-bond acceptors (Lipinski definition) is 5. The van der Waals surface area contributed by atoms with Crippen LogP contribution in [0.5, 0.6) is 11.5 Å². The number of piperazine rings is 1. The normalized spacial score (nSPS) is 16.0. The van der Waals surface area contributed by atoms with Gasteiger partial charge in [-0.2, -0.15) is 0 Å². The second-order valence-corrected chi connectivity index (χ2v) is 7.40. The summed E-state index contributed by atoms with van der Waals surface area (Å²) in [6, 6.07) is 15.4. The molecule has 2 amide bonds. The Bertz CT molecular complexity index is 909. The number of nitrogens with zero attached hydrogens (tertiary/aromatic N) is 3. The number of ether oxygens (including phenoxy) is 2. The maximum absolute atomic E-state index is 12.7. The van der Waals surface area contributed by atoms with Crippen LogP contribution in [0.3, 0.4) is 0 Å². The van der Waals surface area contributed by atoms with Gasteiger partial charge in [0, 0.05) is 39.0 Å². The van der Waals surface area contributed by atoms with Gasteiger partial charge in [0.25, 0.3) is 0 Å². The number of para-hydroxylation sites is 4. The Morgan fingerprint density at radius 1 is 0.867 bits per heavy atom. The van der Waals surface area contributed by atoms with Gasteiger partial charge < -0.3 is 24.2 Å². The zero-order valence-electron chi connectivity index (χ0n) is 17.3. The Balaban J connectivity index is 1.29. The minimum absolute atomic E-state index is 0.0320. The number of amides is 2. The first-order valence-electron chi connectivity index (χ1n) is 10.4. The van der Waals surface area contributed by atoms with E-state index in [9.17, 15) is 9.59 Å². The highest BCUT2D eigenvalue weighted by Crippen LogP contribution is 2.31. The summed E-state index contributed by atoms with van der Waals surface area (Å²) < 4.78 is 11.1. The average Bonchev–Trinajstić information content (AvgIpc) is 2.82. The van der Waals surface area contributed by atoms with Gasteiger partial charge in [0.2, 0.25) is 11.8 Å². The fraction of sp³-hybridized carbons (Fsp3) is 0.391. The number of fused-ring (bicyclic) bond motifs is 1. The number of rotatable bonds is 5. The van der Waals surface area contributed by atoms with Crippen molar-refractivity contribution in [2.75, 3.05) is 56.2 Å². The first-order valence-corrected chi connectivity index (χ1v) is 10.4. The third-order valence-corrected chi connectivity index (χ3v) is 5.64. The lowest BCUT2D eigenvalue weighted by Gasteiger charge is -2.36. The number of carbonyl (C=O) groups excluding carboxylic acids is 2. The summed E-state index contributed by atoms with van der Waals surface area (Å²) in [7, 11) is 1.67. The molecule has 4 rings (SSSR count). The Hall–Kier alpha value is -3.22. The summed E-state index contributed by atoms with van der Waals surface area (Å²) in [6.07, 6.45) is 0.437. The van der Waals surface area contributed by atoms with Crippen molar-refractivity contribution in [2.45, 2.75) is 12.8 Å². The Kier molecular flexibility index (Phi) is 6.07. The van der Waals surface area contributed by atoms with Crippen molar-refractivity contribution in [3.05, 3.63) is 48.5 Å². The van der Waals surface area contributed by atoms with Gasteiger partial charge in [-0.25, -0.2) is 0 Å². The maximum atomic E-state index is 12.7. The zero-order chi connectivity index (χ0) is 20.9. The van der Waals surface area contributed by atoms with Crippen LogP contribution >= 0.6 is 0 Å². The van der Waals surface area contributed by atoms with E-state index in [0.29, 0.717) is 26.2 Å². The van der Waals surface area contributed by atoms with E-state index in [1.165, 1.54) is 0 Å². The largest absolute Gasteiger partial charge is 0.495 e. The molecule has 0 saturated carbocycles. The average molecular weight is 409 g/mol. The van der Waals surface area contributed by atoms with Crippen LogP contribution in [0.4, 0.5) is 11.4 Å². The summed E-state index contributed by atoms with van der Waals surface area (Å²) in [5.74, 6) is 1.56. The minimum atomic E-state index is -0.0354. The number of methoxy groups -OCH3 is 1. The van der Waals surface area contributed by atoms with Gasteiger partial charge in [-0.3, -0.25) is 9.59 Å². The molecular formula is C23H27N3O4. The van der Waals surface area contributed by atoms with Gasteiger partial charge in [0.05, 0.1) is 25.0 Å². The van der Waals surface area contributed by atoms with E-state index < -0.39 is 0 Å². The number of anilines is 2. The maximum Gasteiger partial charge on any atom is 0.227 e. The molecule has 2 heterocycles. The van der Waals surface area contributed by atoms with Crippen molar-refractivity contribution in [1.82, 2.24) is 4.90 Å². The number of carbonyl (C=O) groups is 2. The van der Waals surface area contributed by atoms with Crippen LogP contribution < -0.4 is 19.3 Å². The highest BCUT2D eigenvalue weighted by molar-refractivity contribution is 5.97. The van der Waals surface area contributed by atoms with Crippen LogP contribution in [0.2, 0.25) is 0 Å². The van der Waals surface area contributed by atoms with E-state index in [1.54, 1.807) is 12.0 Å². The van der Waals surface area contributed by atoms with E-state index in [-0.39, 0.29) is 24.7 Å². The molecule has 158 valence electrons. The molecule has 2 aromatic carbocycles. The fourth-order valence-corrected chi connectivity index (χ4v) is 4.02. The molecule has 2 aromatic rings. The molecule has 0 unspecified atom stereocenters. The van der Waals surface area contributed by atoms with Crippen molar-refractivity contribution >= 4 is 23.2 Å². The lowest BCUT2D eigenvalue weighted by Crippen LogP contribution is -2.49. The molecule has 0 N–H and O–H groups in total. The van der Waals surface area contributed by atoms with Crippen LogP contribution in [-0.2, 0) is 9.59 Å². The third kappa shape index (κ3) is 4.20. The molecule has 0 aromatic heterocycles. The van der Waals surface area contributed by atoms with Gasteiger partial charge in [0.15, 0.2) is 0 Å². The van der Waals surface area contributed by atoms with Crippen molar-refractivity contribution in [3.8, 4) is 11.5 Å². The SMILES string of the molecule is COc1ccccc1N1CCN(C(=O)CCC(=O)N2CCOc3ccccc32)CC1. The summed E-state index contributed by atoms with van der Waals surface area (Å²) in [6.45, 7) is 3.77. The van der Waals surface area contributed by atoms with E-state index in [0.717, 1.165) is 36.0 Å². The molecule has 7 nitrogen and oxygen atoms in total. The molecule has 0 atom stereocenters.